The van der Waals surface area contributed by atoms with E-state index < -0.39 is 11.6 Å². The monoisotopic (exact) mass is 427 g/mol. The highest BCUT2D eigenvalue weighted by atomic mass is 19.1. The summed E-state index contributed by atoms with van der Waals surface area (Å²) in [6, 6.07) is 10.8. The van der Waals surface area contributed by atoms with Crippen molar-refractivity contribution in [2.24, 2.45) is 0 Å². The Morgan fingerprint density at radius 3 is 2.52 bits per heavy atom. The Balaban J connectivity index is 1.15. The third-order valence-corrected chi connectivity index (χ3v) is 6.33. The summed E-state index contributed by atoms with van der Waals surface area (Å²) in [4.78, 5) is 31.6. The normalized spacial score (nSPS) is 18.3. The molecule has 162 valence electrons. The first-order valence-corrected chi connectivity index (χ1v) is 10.4. The molecule has 0 saturated carbocycles. The maximum atomic E-state index is 13.7. The summed E-state index contributed by atoms with van der Waals surface area (Å²) >= 11 is 0. The molecule has 0 aliphatic carbocycles. The third kappa shape index (κ3) is 3.69. The Bertz CT molecular complexity index is 1180. The SMILES string of the molecule is O=C(Nc1ccc(F)cc1F)N1CC(N2CCC(n3c(=O)[nH]c4ccccc43)CC2)C1. The molecular weight excluding hydrogens is 404 g/mol. The number of carbonyl (C=O) groups is 1. The first-order chi connectivity index (χ1) is 15.0. The van der Waals surface area contributed by atoms with E-state index in [1.165, 1.54) is 6.07 Å². The van der Waals surface area contributed by atoms with E-state index in [1.807, 2.05) is 28.8 Å². The van der Waals surface area contributed by atoms with E-state index in [0.29, 0.717) is 13.1 Å². The number of benzene rings is 2. The molecule has 31 heavy (non-hydrogen) atoms. The maximum absolute atomic E-state index is 13.7. The number of H-pyrrole nitrogens is 1. The number of nitrogens with zero attached hydrogens (tertiary/aromatic N) is 3. The van der Waals surface area contributed by atoms with Gasteiger partial charge < -0.3 is 15.2 Å². The molecule has 2 saturated heterocycles. The van der Waals surface area contributed by atoms with Gasteiger partial charge in [-0.15, -0.1) is 0 Å². The number of amides is 2. The minimum atomic E-state index is -0.792. The number of anilines is 1. The van der Waals surface area contributed by atoms with Crippen LogP contribution in [0.3, 0.4) is 0 Å². The van der Waals surface area contributed by atoms with E-state index in [4.69, 9.17) is 0 Å². The summed E-state index contributed by atoms with van der Waals surface area (Å²) in [5.74, 6) is -1.47. The summed E-state index contributed by atoms with van der Waals surface area (Å²) < 4.78 is 28.6. The summed E-state index contributed by atoms with van der Waals surface area (Å²) in [6.07, 6.45) is 1.73. The minimum absolute atomic E-state index is 0.0279. The Morgan fingerprint density at radius 1 is 1.03 bits per heavy atom. The van der Waals surface area contributed by atoms with E-state index in [9.17, 15) is 18.4 Å². The third-order valence-electron chi connectivity index (χ3n) is 6.33. The molecule has 0 atom stereocenters. The lowest BCUT2D eigenvalue weighted by atomic mass is 9.99. The van der Waals surface area contributed by atoms with E-state index in [0.717, 1.165) is 49.1 Å². The van der Waals surface area contributed by atoms with Crippen LogP contribution in [0.1, 0.15) is 18.9 Å². The zero-order valence-corrected chi connectivity index (χ0v) is 16.9. The Morgan fingerprint density at radius 2 is 1.77 bits per heavy atom. The molecule has 5 rings (SSSR count). The van der Waals surface area contributed by atoms with E-state index in [1.54, 1.807) is 4.90 Å². The average molecular weight is 427 g/mol. The Labute approximate surface area is 177 Å². The van der Waals surface area contributed by atoms with Crippen molar-refractivity contribution in [3.05, 3.63) is 64.6 Å². The topological polar surface area (TPSA) is 73.4 Å². The van der Waals surface area contributed by atoms with Crippen molar-refractivity contribution in [2.45, 2.75) is 24.9 Å². The molecule has 3 heterocycles. The van der Waals surface area contributed by atoms with Crippen LogP contribution in [0.4, 0.5) is 19.3 Å². The first kappa shape index (κ1) is 19.7. The van der Waals surface area contributed by atoms with Crippen LogP contribution in [-0.4, -0.2) is 57.6 Å². The van der Waals surface area contributed by atoms with E-state index >= 15 is 0 Å². The fourth-order valence-corrected chi connectivity index (χ4v) is 4.58. The zero-order valence-electron chi connectivity index (χ0n) is 16.9. The summed E-state index contributed by atoms with van der Waals surface area (Å²) in [6.45, 7) is 2.82. The molecular formula is C22H23F2N5O2. The van der Waals surface area contributed by atoms with Gasteiger partial charge in [-0.05, 0) is 37.1 Å². The number of halogens is 2. The van der Waals surface area contributed by atoms with Crippen molar-refractivity contribution in [1.82, 2.24) is 19.4 Å². The molecule has 2 aromatic carbocycles. The van der Waals surface area contributed by atoms with Crippen LogP contribution in [-0.2, 0) is 0 Å². The van der Waals surface area contributed by atoms with Gasteiger partial charge in [0, 0.05) is 44.3 Å². The van der Waals surface area contributed by atoms with Crippen molar-refractivity contribution >= 4 is 22.8 Å². The quantitative estimate of drug-likeness (QED) is 0.675. The van der Waals surface area contributed by atoms with Crippen LogP contribution in [0, 0.1) is 11.6 Å². The van der Waals surface area contributed by atoms with Crippen LogP contribution in [0.25, 0.3) is 11.0 Å². The molecule has 3 aromatic rings. The number of hydrogen-bond donors (Lipinski definition) is 2. The number of carbonyl (C=O) groups excluding carboxylic acids is 1. The van der Waals surface area contributed by atoms with Gasteiger partial charge in [0.2, 0.25) is 0 Å². The van der Waals surface area contributed by atoms with Gasteiger partial charge in [-0.25, -0.2) is 18.4 Å². The van der Waals surface area contributed by atoms with Gasteiger partial charge in [0.05, 0.1) is 16.7 Å². The van der Waals surface area contributed by atoms with Crippen LogP contribution in [0.5, 0.6) is 0 Å². The Kier molecular flexibility index (Phi) is 4.97. The van der Waals surface area contributed by atoms with Gasteiger partial charge in [0.25, 0.3) is 0 Å². The lowest BCUT2D eigenvalue weighted by Crippen LogP contribution is -2.63. The fraction of sp³-hybridized carbons (Fsp3) is 0.364. The number of nitrogens with one attached hydrogen (secondary N) is 2. The molecule has 2 aliphatic heterocycles. The standard InChI is InChI=1S/C22H23F2N5O2/c23-14-5-6-18(17(24)11-14)25-21(30)28-12-16(13-28)27-9-7-15(8-10-27)29-20-4-2-1-3-19(20)26-22(29)31/h1-6,11,15-16H,7-10,12-13H2,(H,25,30)(H,26,31). The van der Waals surface area contributed by atoms with Crippen LogP contribution in [0.15, 0.2) is 47.3 Å². The predicted octanol–water partition coefficient (Wildman–Crippen LogP) is 3.16. The molecule has 9 heteroatoms. The molecule has 2 fully saturated rings. The maximum Gasteiger partial charge on any atom is 0.326 e. The fourth-order valence-electron chi connectivity index (χ4n) is 4.58. The van der Waals surface area contributed by atoms with E-state index in [2.05, 4.69) is 15.2 Å². The predicted molar refractivity (Wildman–Crippen MR) is 113 cm³/mol. The summed E-state index contributed by atoms with van der Waals surface area (Å²) in [5, 5.41) is 2.50. The van der Waals surface area contributed by atoms with Gasteiger partial charge in [0.1, 0.15) is 11.6 Å². The number of aromatic amines is 1. The zero-order chi connectivity index (χ0) is 21.5. The van der Waals surface area contributed by atoms with Gasteiger partial charge in [-0.1, -0.05) is 12.1 Å². The van der Waals surface area contributed by atoms with Crippen molar-refractivity contribution in [1.29, 1.82) is 0 Å². The van der Waals surface area contributed by atoms with Gasteiger partial charge in [-0.3, -0.25) is 9.47 Å². The lowest BCUT2D eigenvalue weighted by molar-refractivity contribution is 0.0397. The molecule has 2 N–H and O–H groups in total. The average Bonchev–Trinajstić information content (AvgIpc) is 3.05. The largest absolute Gasteiger partial charge is 0.326 e. The number of hydrogen-bond acceptors (Lipinski definition) is 3. The second-order valence-electron chi connectivity index (χ2n) is 8.20. The van der Waals surface area contributed by atoms with Crippen molar-refractivity contribution in [3.63, 3.8) is 0 Å². The number of aromatic nitrogens is 2. The highest BCUT2D eigenvalue weighted by Crippen LogP contribution is 2.28. The van der Waals surface area contributed by atoms with Gasteiger partial charge in [-0.2, -0.15) is 0 Å². The number of para-hydroxylation sites is 2. The smallest absolute Gasteiger partial charge is 0.321 e. The van der Waals surface area contributed by atoms with Gasteiger partial charge in [0.15, 0.2) is 0 Å². The molecule has 1 aromatic heterocycles. The minimum Gasteiger partial charge on any atom is -0.321 e. The molecule has 0 radical (unpaired) electrons. The summed E-state index contributed by atoms with van der Waals surface area (Å²) in [5.41, 5.74) is 1.69. The number of fused-ring (bicyclic) bond motifs is 1. The van der Waals surface area contributed by atoms with Crippen molar-refractivity contribution in [3.8, 4) is 0 Å². The molecule has 0 unspecified atom stereocenters. The van der Waals surface area contributed by atoms with Crippen LogP contribution in [0.2, 0.25) is 0 Å². The molecule has 0 bridgehead atoms. The molecule has 7 nitrogen and oxygen atoms in total. The van der Waals surface area contributed by atoms with Crippen molar-refractivity contribution < 1.29 is 13.6 Å². The summed E-state index contributed by atoms with van der Waals surface area (Å²) in [7, 11) is 0. The first-order valence-electron chi connectivity index (χ1n) is 10.4. The number of rotatable bonds is 3. The van der Waals surface area contributed by atoms with Crippen LogP contribution < -0.4 is 11.0 Å². The Hall–Kier alpha value is -3.20. The van der Waals surface area contributed by atoms with E-state index in [-0.39, 0.29) is 29.5 Å². The number of urea groups is 1. The second-order valence-corrected chi connectivity index (χ2v) is 8.20. The highest BCUT2D eigenvalue weighted by molar-refractivity contribution is 5.90. The lowest BCUT2D eigenvalue weighted by Gasteiger charge is -2.47. The van der Waals surface area contributed by atoms with Gasteiger partial charge >= 0.3 is 11.7 Å². The highest BCUT2D eigenvalue weighted by Gasteiger charge is 2.37. The molecule has 0 spiro atoms. The van der Waals surface area contributed by atoms with Crippen molar-refractivity contribution in [2.75, 3.05) is 31.5 Å². The second kappa shape index (κ2) is 7.81. The number of likely N-dealkylation sites (tertiary alicyclic amines) is 2. The number of piperidine rings is 1. The molecule has 2 amide bonds. The van der Waals surface area contributed by atoms with Crippen LogP contribution >= 0.6 is 0 Å². The molecule has 2 aliphatic rings. The number of imidazole rings is 1.